The van der Waals surface area contributed by atoms with E-state index in [0.717, 1.165) is 17.3 Å². The summed E-state index contributed by atoms with van der Waals surface area (Å²) >= 11 is 7.41. The van der Waals surface area contributed by atoms with Crippen LogP contribution in [-0.2, 0) is 6.42 Å². The molecule has 100 valence electrons. The lowest BCUT2D eigenvalue weighted by molar-refractivity contribution is 0.0695. The van der Waals surface area contributed by atoms with Crippen LogP contribution in [0.5, 0.6) is 0 Å². The molecular formula is C13H13ClN2O2S. The normalized spacial score (nSPS) is 10.4. The van der Waals surface area contributed by atoms with Gasteiger partial charge in [0.15, 0.2) is 0 Å². The molecule has 0 aliphatic heterocycles. The molecule has 2 heterocycles. The van der Waals surface area contributed by atoms with Crippen LogP contribution < -0.4 is 5.32 Å². The zero-order chi connectivity index (χ0) is 13.8. The number of carboxylic acid groups (broad SMARTS) is 1. The molecular weight excluding hydrogens is 284 g/mol. The number of hydrogen-bond acceptors (Lipinski definition) is 4. The molecule has 4 nitrogen and oxygen atoms in total. The number of hydrogen-bond donors (Lipinski definition) is 2. The van der Waals surface area contributed by atoms with E-state index in [9.17, 15) is 4.79 Å². The molecule has 2 aromatic rings. The summed E-state index contributed by atoms with van der Waals surface area (Å²) in [5, 5.41) is 12.1. The Labute approximate surface area is 120 Å². The van der Waals surface area contributed by atoms with E-state index in [1.54, 1.807) is 30.4 Å². The Morgan fingerprint density at radius 2 is 2.21 bits per heavy atom. The molecule has 6 heteroatoms. The van der Waals surface area contributed by atoms with Gasteiger partial charge in [0, 0.05) is 11.4 Å². The number of anilines is 1. The van der Waals surface area contributed by atoms with Crippen LogP contribution in [0.2, 0.25) is 4.34 Å². The number of carboxylic acids is 1. The van der Waals surface area contributed by atoms with Gasteiger partial charge in [0.25, 0.3) is 0 Å². The van der Waals surface area contributed by atoms with Crippen LogP contribution >= 0.6 is 22.9 Å². The Morgan fingerprint density at radius 1 is 1.42 bits per heavy atom. The summed E-state index contributed by atoms with van der Waals surface area (Å²) in [6.07, 6.45) is 0.860. The van der Waals surface area contributed by atoms with Gasteiger partial charge >= 0.3 is 5.97 Å². The molecule has 0 aromatic carbocycles. The van der Waals surface area contributed by atoms with E-state index in [1.165, 1.54) is 4.88 Å². The van der Waals surface area contributed by atoms with Crippen molar-refractivity contribution in [1.29, 1.82) is 0 Å². The van der Waals surface area contributed by atoms with Gasteiger partial charge < -0.3 is 10.4 Å². The minimum absolute atomic E-state index is 0.232. The van der Waals surface area contributed by atoms with Gasteiger partial charge in [0.2, 0.25) is 0 Å². The van der Waals surface area contributed by atoms with E-state index in [1.807, 2.05) is 12.1 Å². The molecule has 2 rings (SSSR count). The molecule has 0 radical (unpaired) electrons. The van der Waals surface area contributed by atoms with E-state index in [4.69, 9.17) is 16.7 Å². The zero-order valence-corrected chi connectivity index (χ0v) is 11.9. The lowest BCUT2D eigenvalue weighted by Gasteiger charge is -2.07. The molecule has 19 heavy (non-hydrogen) atoms. The minimum atomic E-state index is -0.954. The van der Waals surface area contributed by atoms with Gasteiger partial charge in [0.1, 0.15) is 5.82 Å². The summed E-state index contributed by atoms with van der Waals surface area (Å²) in [5.41, 5.74) is 0.743. The lowest BCUT2D eigenvalue weighted by atomic mass is 10.2. The second-order valence-corrected chi connectivity index (χ2v) is 5.82. The van der Waals surface area contributed by atoms with Gasteiger partial charge in [0.05, 0.1) is 15.6 Å². The number of pyridine rings is 1. The first kappa shape index (κ1) is 13.8. The maximum atomic E-state index is 10.9. The minimum Gasteiger partial charge on any atom is -0.478 e. The van der Waals surface area contributed by atoms with E-state index in [-0.39, 0.29) is 5.56 Å². The van der Waals surface area contributed by atoms with E-state index in [0.29, 0.717) is 11.5 Å². The first-order valence-electron chi connectivity index (χ1n) is 5.75. The molecule has 0 saturated heterocycles. The Bertz CT molecular complexity index is 598. The maximum absolute atomic E-state index is 10.9. The Hall–Kier alpha value is -1.59. The monoisotopic (exact) mass is 296 g/mol. The molecule has 0 saturated carbocycles. The lowest BCUT2D eigenvalue weighted by Crippen LogP contribution is -2.08. The SMILES string of the molecule is Cc1nc(NCCc2ccc(Cl)s2)ccc1C(=O)O. The highest BCUT2D eigenvalue weighted by Gasteiger charge is 2.08. The summed E-state index contributed by atoms with van der Waals surface area (Å²) in [6.45, 7) is 2.42. The Kier molecular flexibility index (Phi) is 4.39. The molecule has 0 unspecified atom stereocenters. The van der Waals surface area contributed by atoms with Crippen molar-refractivity contribution in [2.24, 2.45) is 0 Å². The van der Waals surface area contributed by atoms with Crippen molar-refractivity contribution >= 4 is 34.7 Å². The first-order valence-corrected chi connectivity index (χ1v) is 6.95. The van der Waals surface area contributed by atoms with E-state index < -0.39 is 5.97 Å². The summed E-state index contributed by atoms with van der Waals surface area (Å²) in [6, 6.07) is 7.12. The van der Waals surface area contributed by atoms with Gasteiger partial charge in [-0.25, -0.2) is 9.78 Å². The zero-order valence-electron chi connectivity index (χ0n) is 10.3. The standard InChI is InChI=1S/C13H13ClN2O2S/c1-8-10(13(17)18)3-5-12(16-8)15-7-6-9-2-4-11(14)19-9/h2-5H,6-7H2,1H3,(H,15,16)(H,17,18). The molecule has 0 atom stereocenters. The average molecular weight is 297 g/mol. The molecule has 0 spiro atoms. The highest BCUT2D eigenvalue weighted by Crippen LogP contribution is 2.21. The van der Waals surface area contributed by atoms with Gasteiger partial charge in [-0.1, -0.05) is 11.6 Å². The first-order chi connectivity index (χ1) is 9.06. The molecule has 0 bridgehead atoms. The molecule has 0 amide bonds. The van der Waals surface area contributed by atoms with Crippen LogP contribution in [0.4, 0.5) is 5.82 Å². The van der Waals surface area contributed by atoms with Crippen LogP contribution in [0, 0.1) is 6.92 Å². The topological polar surface area (TPSA) is 62.2 Å². The van der Waals surface area contributed by atoms with Crippen molar-refractivity contribution < 1.29 is 9.90 Å². The predicted octanol–water partition coefficient (Wildman–Crippen LogP) is 3.46. The molecule has 0 aliphatic rings. The Balaban J connectivity index is 1.93. The molecule has 0 aliphatic carbocycles. The summed E-state index contributed by atoms with van der Waals surface area (Å²) in [4.78, 5) is 16.3. The molecule has 2 aromatic heterocycles. The van der Waals surface area contributed by atoms with Gasteiger partial charge in [-0.2, -0.15) is 0 Å². The number of carbonyl (C=O) groups is 1. The summed E-state index contributed by atoms with van der Waals surface area (Å²) in [7, 11) is 0. The number of thiophene rings is 1. The third-order valence-electron chi connectivity index (χ3n) is 2.62. The fourth-order valence-electron chi connectivity index (χ4n) is 1.69. The van der Waals surface area contributed by atoms with Crippen LogP contribution in [0.1, 0.15) is 20.9 Å². The van der Waals surface area contributed by atoms with E-state index >= 15 is 0 Å². The van der Waals surface area contributed by atoms with Crippen molar-refractivity contribution in [1.82, 2.24) is 4.98 Å². The fraction of sp³-hybridized carbons (Fsp3) is 0.231. The van der Waals surface area contributed by atoms with Crippen molar-refractivity contribution in [2.75, 3.05) is 11.9 Å². The highest BCUT2D eigenvalue weighted by molar-refractivity contribution is 7.16. The number of rotatable bonds is 5. The number of aromatic nitrogens is 1. The third-order valence-corrected chi connectivity index (χ3v) is 3.91. The number of nitrogens with zero attached hydrogens (tertiary/aromatic N) is 1. The van der Waals surface area contributed by atoms with Crippen LogP contribution in [0.15, 0.2) is 24.3 Å². The Morgan fingerprint density at radius 3 is 2.79 bits per heavy atom. The van der Waals surface area contributed by atoms with Crippen LogP contribution in [0.3, 0.4) is 0 Å². The second-order valence-electron chi connectivity index (χ2n) is 4.02. The fourth-order valence-corrected chi connectivity index (χ4v) is 2.77. The number of aryl methyl sites for hydroxylation is 1. The van der Waals surface area contributed by atoms with Gasteiger partial charge in [-0.15, -0.1) is 11.3 Å². The highest BCUT2D eigenvalue weighted by atomic mass is 35.5. The summed E-state index contributed by atoms with van der Waals surface area (Å²) < 4.78 is 0.787. The predicted molar refractivity (Wildman–Crippen MR) is 77.5 cm³/mol. The smallest absolute Gasteiger partial charge is 0.337 e. The van der Waals surface area contributed by atoms with Crippen molar-refractivity contribution in [3.05, 3.63) is 44.7 Å². The van der Waals surface area contributed by atoms with Gasteiger partial charge in [-0.05, 0) is 37.6 Å². The number of aromatic carboxylic acids is 1. The van der Waals surface area contributed by atoms with Crippen molar-refractivity contribution in [3.63, 3.8) is 0 Å². The van der Waals surface area contributed by atoms with Crippen molar-refractivity contribution in [2.45, 2.75) is 13.3 Å². The number of nitrogens with one attached hydrogen (secondary N) is 1. The number of halogens is 1. The van der Waals surface area contributed by atoms with Crippen LogP contribution in [-0.4, -0.2) is 22.6 Å². The summed E-state index contributed by atoms with van der Waals surface area (Å²) in [5.74, 6) is -0.269. The second kappa shape index (κ2) is 6.04. The quantitative estimate of drug-likeness (QED) is 0.887. The largest absolute Gasteiger partial charge is 0.478 e. The average Bonchev–Trinajstić information content (AvgIpc) is 2.75. The van der Waals surface area contributed by atoms with Crippen LogP contribution in [0.25, 0.3) is 0 Å². The van der Waals surface area contributed by atoms with E-state index in [2.05, 4.69) is 10.3 Å². The third kappa shape index (κ3) is 3.68. The maximum Gasteiger partial charge on any atom is 0.337 e. The molecule has 2 N–H and O–H groups in total. The van der Waals surface area contributed by atoms with Crippen molar-refractivity contribution in [3.8, 4) is 0 Å². The van der Waals surface area contributed by atoms with Gasteiger partial charge in [-0.3, -0.25) is 0 Å². The molecule has 0 fully saturated rings.